The molecule has 0 amide bonds. The lowest BCUT2D eigenvalue weighted by atomic mass is 9.92. The lowest BCUT2D eigenvalue weighted by molar-refractivity contribution is 1.07. The van der Waals surface area contributed by atoms with Crippen molar-refractivity contribution in [3.63, 3.8) is 0 Å². The fourth-order valence-electron chi connectivity index (χ4n) is 6.88. The van der Waals surface area contributed by atoms with E-state index < -0.39 is 0 Å². The van der Waals surface area contributed by atoms with Crippen LogP contribution in [0.3, 0.4) is 0 Å². The van der Waals surface area contributed by atoms with E-state index in [2.05, 4.69) is 97.1 Å². The zero-order valence-corrected chi connectivity index (χ0v) is 28.0. The predicted octanol–water partition coefficient (Wildman–Crippen LogP) is 11.7. The Morgan fingerprint density at radius 2 is 1.00 bits per heavy atom. The van der Waals surface area contributed by atoms with Gasteiger partial charge in [0.05, 0.1) is 21.6 Å². The van der Waals surface area contributed by atoms with Gasteiger partial charge in [0.2, 0.25) is 0 Å². The van der Waals surface area contributed by atoms with E-state index >= 15 is 0 Å². The van der Waals surface area contributed by atoms with Gasteiger partial charge >= 0.3 is 0 Å². The van der Waals surface area contributed by atoms with Crippen LogP contribution in [-0.2, 0) is 0 Å². The Morgan fingerprint density at radius 3 is 1.76 bits per heavy atom. The summed E-state index contributed by atoms with van der Waals surface area (Å²) in [6.45, 7) is 0. The molecule has 0 saturated heterocycles. The highest BCUT2D eigenvalue weighted by Gasteiger charge is 2.17. The van der Waals surface area contributed by atoms with Crippen LogP contribution in [0.4, 0.5) is 0 Å². The first-order valence-electron chi connectivity index (χ1n) is 16.8. The van der Waals surface area contributed by atoms with E-state index in [4.69, 9.17) is 24.9 Å². The van der Waals surface area contributed by atoms with Crippen molar-refractivity contribution in [2.45, 2.75) is 0 Å². The van der Waals surface area contributed by atoms with Crippen LogP contribution >= 0.6 is 11.3 Å². The normalized spacial score (nSPS) is 11.5. The highest BCUT2D eigenvalue weighted by molar-refractivity contribution is 7.25. The summed E-state index contributed by atoms with van der Waals surface area (Å²) < 4.78 is 2.42. The number of rotatable bonds is 5. The molecule has 0 aliphatic rings. The lowest BCUT2D eigenvalue weighted by Gasteiger charge is -2.14. The van der Waals surface area contributed by atoms with Gasteiger partial charge in [-0.25, -0.2) is 19.9 Å². The van der Waals surface area contributed by atoms with Crippen molar-refractivity contribution in [3.8, 4) is 56.7 Å². The maximum Gasteiger partial charge on any atom is 0.164 e. The minimum absolute atomic E-state index is 0.623. The molecule has 0 bridgehead atoms. The number of benzene rings is 6. The van der Waals surface area contributed by atoms with Crippen LogP contribution in [0.15, 0.2) is 164 Å². The summed E-state index contributed by atoms with van der Waals surface area (Å²) in [5, 5.41) is 5.60. The lowest BCUT2D eigenvalue weighted by Crippen LogP contribution is -2.00. The minimum atomic E-state index is 0.623. The molecule has 238 valence electrons. The minimum Gasteiger partial charge on any atom is -0.254 e. The Balaban J connectivity index is 1.13. The zero-order valence-electron chi connectivity index (χ0n) is 27.2. The molecule has 0 aliphatic carbocycles. The second kappa shape index (κ2) is 12.1. The van der Waals surface area contributed by atoms with Gasteiger partial charge in [0.25, 0.3) is 0 Å². The van der Waals surface area contributed by atoms with Crippen molar-refractivity contribution in [2.75, 3.05) is 0 Å². The number of pyridine rings is 2. The highest BCUT2D eigenvalue weighted by Crippen LogP contribution is 2.39. The second-order valence-electron chi connectivity index (χ2n) is 12.5. The molecule has 0 fully saturated rings. The van der Waals surface area contributed by atoms with Crippen LogP contribution in [0.1, 0.15) is 0 Å². The van der Waals surface area contributed by atoms with Gasteiger partial charge in [-0.15, -0.1) is 11.3 Å². The predicted molar refractivity (Wildman–Crippen MR) is 210 cm³/mol. The third-order valence-electron chi connectivity index (χ3n) is 9.36. The van der Waals surface area contributed by atoms with Gasteiger partial charge < -0.3 is 0 Å². The molecule has 0 N–H and O–H groups in total. The van der Waals surface area contributed by atoms with Crippen molar-refractivity contribution in [2.24, 2.45) is 0 Å². The maximum absolute atomic E-state index is 5.09. The molecule has 0 unspecified atom stereocenters. The Hall–Kier alpha value is -6.63. The van der Waals surface area contributed by atoms with E-state index in [1.54, 1.807) is 11.3 Å². The highest BCUT2D eigenvalue weighted by atomic mass is 32.1. The number of hydrogen-bond donors (Lipinski definition) is 0. The SMILES string of the molecule is c1ccc(-c2nc(-c3ccccc3)nc(-c3cc(-c4cccc5cc(-c6ccc7sc8ccccc8c7n6)ncc45)c4ccccc4c3)n2)cc1. The fraction of sp³-hybridized carbons (Fsp3) is 0. The van der Waals surface area contributed by atoms with Crippen molar-refractivity contribution >= 4 is 53.2 Å². The molecule has 4 aromatic heterocycles. The summed E-state index contributed by atoms with van der Waals surface area (Å²) in [6.07, 6.45) is 1.99. The summed E-state index contributed by atoms with van der Waals surface area (Å²) in [5.74, 6) is 1.90. The smallest absolute Gasteiger partial charge is 0.164 e. The number of thiophene rings is 1. The molecule has 0 saturated carbocycles. The van der Waals surface area contributed by atoms with E-state index in [0.29, 0.717) is 17.5 Å². The molecule has 0 aliphatic heterocycles. The molecule has 10 rings (SSSR count). The van der Waals surface area contributed by atoms with Crippen molar-refractivity contribution in [1.29, 1.82) is 0 Å². The van der Waals surface area contributed by atoms with E-state index in [0.717, 1.165) is 66.3 Å². The first kappa shape index (κ1) is 29.3. The van der Waals surface area contributed by atoms with Crippen LogP contribution in [0.5, 0.6) is 0 Å². The van der Waals surface area contributed by atoms with Gasteiger partial charge in [-0.2, -0.15) is 0 Å². The Labute approximate surface area is 297 Å². The first-order chi connectivity index (χ1) is 25.2. The van der Waals surface area contributed by atoms with Crippen molar-refractivity contribution < 1.29 is 0 Å². The average Bonchev–Trinajstić information content (AvgIpc) is 3.58. The molecule has 0 atom stereocenters. The van der Waals surface area contributed by atoms with Gasteiger partial charge in [-0.1, -0.05) is 121 Å². The number of nitrogens with zero attached hydrogens (tertiary/aromatic N) is 5. The first-order valence-corrected chi connectivity index (χ1v) is 17.6. The number of hydrogen-bond acceptors (Lipinski definition) is 6. The molecular weight excluding hydrogens is 643 g/mol. The summed E-state index contributed by atoms with van der Waals surface area (Å²) in [7, 11) is 0. The molecule has 4 heterocycles. The summed E-state index contributed by atoms with van der Waals surface area (Å²) in [6, 6.07) is 54.3. The molecule has 10 aromatic rings. The van der Waals surface area contributed by atoms with Crippen molar-refractivity contribution in [1.82, 2.24) is 24.9 Å². The van der Waals surface area contributed by atoms with E-state index in [9.17, 15) is 0 Å². The van der Waals surface area contributed by atoms with Crippen LogP contribution in [0.2, 0.25) is 0 Å². The molecule has 6 aromatic carbocycles. The van der Waals surface area contributed by atoms with Crippen LogP contribution < -0.4 is 0 Å². The van der Waals surface area contributed by atoms with Gasteiger partial charge in [-0.3, -0.25) is 4.98 Å². The zero-order chi connectivity index (χ0) is 33.7. The Bertz CT molecular complexity index is 2860. The van der Waals surface area contributed by atoms with Crippen LogP contribution in [-0.4, -0.2) is 24.9 Å². The standard InChI is InChI=1S/C45H27N5S/c1-3-12-28(13-4-1)43-48-44(29-14-5-2-6-15-29)50-45(49-43)32-24-30-16-7-8-18-33(30)36(25-32)34-20-11-17-31-26-39(46-27-37(31)34)38-22-23-41-42(47-38)35-19-9-10-21-40(35)51-41/h1-27H. The molecule has 5 nitrogen and oxygen atoms in total. The largest absolute Gasteiger partial charge is 0.254 e. The number of aromatic nitrogens is 5. The molecular formula is C45H27N5S. The third-order valence-corrected chi connectivity index (χ3v) is 10.5. The van der Waals surface area contributed by atoms with E-state index in [-0.39, 0.29) is 0 Å². The van der Waals surface area contributed by atoms with Crippen LogP contribution in [0.25, 0.3) is 98.5 Å². The molecule has 6 heteroatoms. The van der Waals surface area contributed by atoms with E-state index in [1.165, 1.54) is 14.8 Å². The topological polar surface area (TPSA) is 64.5 Å². The maximum atomic E-state index is 5.09. The van der Waals surface area contributed by atoms with Gasteiger partial charge in [0.1, 0.15) is 0 Å². The van der Waals surface area contributed by atoms with Gasteiger partial charge in [-0.05, 0) is 63.7 Å². The fourth-order valence-corrected chi connectivity index (χ4v) is 7.93. The Kier molecular flexibility index (Phi) is 6.93. The summed E-state index contributed by atoms with van der Waals surface area (Å²) >= 11 is 1.77. The Morgan fingerprint density at radius 1 is 0.373 bits per heavy atom. The molecule has 0 spiro atoms. The van der Waals surface area contributed by atoms with Crippen molar-refractivity contribution in [3.05, 3.63) is 164 Å². The number of fused-ring (bicyclic) bond motifs is 5. The third kappa shape index (κ3) is 5.21. The quantitative estimate of drug-likeness (QED) is 0.182. The van der Waals surface area contributed by atoms with Gasteiger partial charge in [0, 0.05) is 38.4 Å². The summed E-state index contributed by atoms with van der Waals surface area (Å²) in [5.41, 5.74) is 7.73. The second-order valence-corrected chi connectivity index (χ2v) is 13.6. The molecule has 0 radical (unpaired) electrons. The molecule has 51 heavy (non-hydrogen) atoms. The van der Waals surface area contributed by atoms with Crippen LogP contribution in [0, 0.1) is 0 Å². The average molecular weight is 670 g/mol. The summed E-state index contributed by atoms with van der Waals surface area (Å²) in [4.78, 5) is 25.1. The van der Waals surface area contributed by atoms with Gasteiger partial charge in [0.15, 0.2) is 17.5 Å². The monoisotopic (exact) mass is 669 g/mol. The van der Waals surface area contributed by atoms with E-state index in [1.807, 2.05) is 66.9 Å².